The monoisotopic (exact) mass is 447 g/mol. The van der Waals surface area contributed by atoms with Crippen molar-refractivity contribution < 1.29 is 13.9 Å². The zero-order valence-electron chi connectivity index (χ0n) is 18.7. The van der Waals surface area contributed by atoms with E-state index in [0.29, 0.717) is 17.0 Å². The van der Waals surface area contributed by atoms with Gasteiger partial charge in [-0.25, -0.2) is 4.39 Å². The minimum Gasteiger partial charge on any atom is -0.490 e. The molecule has 7 heteroatoms. The number of ether oxygens (including phenoxy) is 1. The second-order valence-corrected chi connectivity index (χ2v) is 10.0. The number of aliphatic imine (C=N–C) groups is 1. The SMILES string of the molecule is CC(C)N=C1CCCC/C1=C(/N)c1cc(OC2CC2)ccc1F.CC1(NC=O)CSC1. The van der Waals surface area contributed by atoms with E-state index in [1.807, 2.05) is 11.8 Å². The molecule has 1 amide bonds. The second-order valence-electron chi connectivity index (χ2n) is 9.04. The van der Waals surface area contributed by atoms with E-state index in [0.717, 1.165) is 67.7 Å². The number of halogens is 1. The Labute approximate surface area is 189 Å². The quantitative estimate of drug-likeness (QED) is 0.620. The fourth-order valence-corrected chi connectivity index (χ4v) is 4.58. The molecule has 3 N–H and O–H groups in total. The van der Waals surface area contributed by atoms with Gasteiger partial charge in [0, 0.05) is 34.5 Å². The summed E-state index contributed by atoms with van der Waals surface area (Å²) in [5.41, 5.74) is 9.48. The summed E-state index contributed by atoms with van der Waals surface area (Å²) in [5, 5.41) is 2.76. The molecule has 1 heterocycles. The Balaban J connectivity index is 0.000000287. The molecular weight excluding hydrogens is 413 g/mol. The summed E-state index contributed by atoms with van der Waals surface area (Å²) in [6.07, 6.45) is 7.21. The fourth-order valence-electron chi connectivity index (χ4n) is 3.59. The van der Waals surface area contributed by atoms with Gasteiger partial charge in [0.25, 0.3) is 0 Å². The number of carbonyl (C=O) groups is 1. The molecule has 0 atom stereocenters. The lowest BCUT2D eigenvalue weighted by Gasteiger charge is -2.36. The van der Waals surface area contributed by atoms with Crippen molar-refractivity contribution in [1.82, 2.24) is 5.32 Å². The lowest BCUT2D eigenvalue weighted by molar-refractivity contribution is -0.110. The standard InChI is InChI=1S/C19H25FN2O.C5H9NOS/c1-12(2)22-18-6-4-3-5-15(18)19(21)16-11-14(9-10-17(16)20)23-13-7-8-13;1-5(6-4-7)2-8-3-5/h9-13H,3-8,21H2,1-2H3;4H,2-3H2,1H3,(H,6,7)/b19-15-,22-18?;. The van der Waals surface area contributed by atoms with Crippen LogP contribution in [0.1, 0.15) is 64.9 Å². The summed E-state index contributed by atoms with van der Waals surface area (Å²) in [4.78, 5) is 14.6. The van der Waals surface area contributed by atoms with Crippen molar-refractivity contribution in [3.05, 3.63) is 35.2 Å². The predicted octanol–water partition coefficient (Wildman–Crippen LogP) is 4.70. The lowest BCUT2D eigenvalue weighted by Crippen LogP contribution is -2.52. The molecule has 1 aromatic carbocycles. The van der Waals surface area contributed by atoms with Gasteiger partial charge in [0.05, 0.1) is 11.6 Å². The number of amides is 1. The molecule has 2 aliphatic carbocycles. The normalized spacial score (nSPS) is 22.8. The van der Waals surface area contributed by atoms with Crippen LogP contribution in [0.3, 0.4) is 0 Å². The Morgan fingerprint density at radius 2 is 2.03 bits per heavy atom. The zero-order valence-corrected chi connectivity index (χ0v) is 19.6. The Bertz CT molecular complexity index is 845. The third kappa shape index (κ3) is 6.73. The van der Waals surface area contributed by atoms with E-state index in [2.05, 4.69) is 26.1 Å². The Morgan fingerprint density at radius 1 is 1.32 bits per heavy atom. The number of rotatable bonds is 6. The molecule has 3 aliphatic rings. The highest BCUT2D eigenvalue weighted by atomic mass is 32.2. The molecule has 31 heavy (non-hydrogen) atoms. The highest BCUT2D eigenvalue weighted by Crippen LogP contribution is 2.32. The van der Waals surface area contributed by atoms with Crippen LogP contribution in [0.5, 0.6) is 5.75 Å². The molecule has 0 radical (unpaired) electrons. The number of benzene rings is 1. The van der Waals surface area contributed by atoms with Crippen molar-refractivity contribution in [2.75, 3.05) is 11.5 Å². The molecule has 4 rings (SSSR count). The van der Waals surface area contributed by atoms with Gasteiger partial charge in [-0.1, -0.05) is 0 Å². The number of nitrogens with two attached hydrogens (primary N) is 1. The van der Waals surface area contributed by atoms with Gasteiger partial charge >= 0.3 is 0 Å². The van der Waals surface area contributed by atoms with E-state index in [1.54, 1.807) is 12.1 Å². The van der Waals surface area contributed by atoms with E-state index in [4.69, 9.17) is 15.5 Å². The van der Waals surface area contributed by atoms with Crippen LogP contribution >= 0.6 is 11.8 Å². The Hall–Kier alpha value is -2.02. The molecule has 1 aromatic rings. The van der Waals surface area contributed by atoms with Crippen molar-refractivity contribution in [1.29, 1.82) is 0 Å². The van der Waals surface area contributed by atoms with Crippen molar-refractivity contribution >= 4 is 29.6 Å². The second kappa shape index (κ2) is 10.5. The largest absolute Gasteiger partial charge is 0.490 e. The van der Waals surface area contributed by atoms with Gasteiger partial charge in [0.1, 0.15) is 11.6 Å². The van der Waals surface area contributed by atoms with Crippen LogP contribution in [0.4, 0.5) is 4.39 Å². The fraction of sp³-hybridized carbons (Fsp3) is 0.583. The van der Waals surface area contributed by atoms with Crippen LogP contribution in [-0.2, 0) is 4.79 Å². The number of allylic oxidation sites excluding steroid dienone is 1. The Morgan fingerprint density at radius 3 is 2.58 bits per heavy atom. The first-order valence-electron chi connectivity index (χ1n) is 11.1. The van der Waals surface area contributed by atoms with Crippen LogP contribution in [0.2, 0.25) is 0 Å². The van der Waals surface area contributed by atoms with Crippen LogP contribution < -0.4 is 15.8 Å². The minimum atomic E-state index is -0.299. The smallest absolute Gasteiger partial charge is 0.207 e. The van der Waals surface area contributed by atoms with E-state index < -0.39 is 0 Å². The number of hydrogen-bond acceptors (Lipinski definition) is 5. The van der Waals surface area contributed by atoms with Gasteiger partial charge in [0.2, 0.25) is 6.41 Å². The maximum absolute atomic E-state index is 14.3. The van der Waals surface area contributed by atoms with Gasteiger partial charge in [-0.15, -0.1) is 0 Å². The van der Waals surface area contributed by atoms with Gasteiger partial charge < -0.3 is 15.8 Å². The number of nitrogens with one attached hydrogen (secondary N) is 1. The highest BCUT2D eigenvalue weighted by molar-refractivity contribution is 8.00. The molecule has 1 aliphatic heterocycles. The zero-order chi connectivity index (χ0) is 22.4. The van der Waals surface area contributed by atoms with Crippen molar-refractivity contribution in [3.63, 3.8) is 0 Å². The molecule has 2 saturated carbocycles. The summed E-state index contributed by atoms with van der Waals surface area (Å²) in [7, 11) is 0. The maximum atomic E-state index is 14.3. The lowest BCUT2D eigenvalue weighted by atomic mass is 9.89. The van der Waals surface area contributed by atoms with Gasteiger partial charge in [-0.05, 0) is 83.1 Å². The molecule has 3 fully saturated rings. The molecule has 170 valence electrons. The van der Waals surface area contributed by atoms with Crippen LogP contribution in [0, 0.1) is 5.82 Å². The third-order valence-electron chi connectivity index (χ3n) is 5.48. The molecule has 0 aromatic heterocycles. The van der Waals surface area contributed by atoms with Gasteiger partial charge in [-0.3, -0.25) is 9.79 Å². The van der Waals surface area contributed by atoms with Gasteiger partial charge in [0.15, 0.2) is 0 Å². The summed E-state index contributed by atoms with van der Waals surface area (Å²) in [6.45, 7) is 6.16. The first-order valence-corrected chi connectivity index (χ1v) is 12.3. The average molecular weight is 448 g/mol. The summed E-state index contributed by atoms with van der Waals surface area (Å²) >= 11 is 1.86. The third-order valence-corrected chi connectivity index (χ3v) is 7.16. The van der Waals surface area contributed by atoms with E-state index in [-0.39, 0.29) is 23.5 Å². The first kappa shape index (κ1) is 23.6. The van der Waals surface area contributed by atoms with E-state index >= 15 is 0 Å². The summed E-state index contributed by atoms with van der Waals surface area (Å²) in [6, 6.07) is 5.08. The van der Waals surface area contributed by atoms with Gasteiger partial charge in [-0.2, -0.15) is 11.8 Å². The highest BCUT2D eigenvalue weighted by Gasteiger charge is 2.31. The topological polar surface area (TPSA) is 76.7 Å². The van der Waals surface area contributed by atoms with Crippen molar-refractivity contribution in [3.8, 4) is 5.75 Å². The predicted molar refractivity (Wildman–Crippen MR) is 127 cm³/mol. The summed E-state index contributed by atoms with van der Waals surface area (Å²) < 4.78 is 20.1. The van der Waals surface area contributed by atoms with Crippen molar-refractivity contribution in [2.24, 2.45) is 10.7 Å². The Kier molecular flexibility index (Phi) is 8.03. The molecule has 0 unspecified atom stereocenters. The number of carbonyl (C=O) groups excluding carboxylic acids is 1. The first-order chi connectivity index (χ1) is 14.8. The van der Waals surface area contributed by atoms with E-state index in [1.165, 1.54) is 6.07 Å². The molecule has 0 bridgehead atoms. The number of nitrogens with zero attached hydrogens (tertiary/aromatic N) is 1. The van der Waals surface area contributed by atoms with E-state index in [9.17, 15) is 9.18 Å². The van der Waals surface area contributed by atoms with Crippen molar-refractivity contribution in [2.45, 2.75) is 77.0 Å². The summed E-state index contributed by atoms with van der Waals surface area (Å²) in [5.74, 6) is 2.52. The van der Waals surface area contributed by atoms with Crippen LogP contribution in [0.15, 0.2) is 28.8 Å². The minimum absolute atomic E-state index is 0.117. The molecule has 0 spiro atoms. The average Bonchev–Trinajstić information content (AvgIpc) is 3.52. The van der Waals surface area contributed by atoms with Crippen LogP contribution in [0.25, 0.3) is 5.70 Å². The molecule has 1 saturated heterocycles. The van der Waals surface area contributed by atoms with Crippen LogP contribution in [-0.4, -0.2) is 41.3 Å². The number of hydrogen-bond donors (Lipinski definition) is 2. The molecule has 5 nitrogen and oxygen atoms in total. The number of thioether (sulfide) groups is 1. The maximum Gasteiger partial charge on any atom is 0.207 e. The molecular formula is C24H34FN3O2S.